The Hall–Kier alpha value is -2.05. The van der Waals surface area contributed by atoms with Gasteiger partial charge in [-0.3, -0.25) is 9.88 Å². The Morgan fingerprint density at radius 2 is 2.08 bits per heavy atom. The largest absolute Gasteiger partial charge is 0.506 e. The van der Waals surface area contributed by atoms with Gasteiger partial charge in [-0.05, 0) is 19.8 Å². The number of aromatic nitrogens is 3. The molecule has 2 N–H and O–H groups in total. The van der Waals surface area contributed by atoms with Crippen LogP contribution in [0.2, 0.25) is 0 Å². The van der Waals surface area contributed by atoms with Gasteiger partial charge >= 0.3 is 0 Å². The van der Waals surface area contributed by atoms with Gasteiger partial charge in [-0.15, -0.1) is 0 Å². The molecule has 1 aliphatic heterocycles. The van der Waals surface area contributed by atoms with Crippen LogP contribution in [0.4, 0.5) is 0 Å². The van der Waals surface area contributed by atoms with Crippen LogP contribution in [-0.4, -0.2) is 36.6 Å². The van der Waals surface area contributed by atoms with Crippen LogP contribution in [0.15, 0.2) is 12.4 Å². The summed E-state index contributed by atoms with van der Waals surface area (Å²) in [7, 11) is 0. The first-order valence-electron chi connectivity index (χ1n) is 8.50. The molecule has 0 radical (unpaired) electrons. The summed E-state index contributed by atoms with van der Waals surface area (Å²) >= 11 is 0. The molecule has 3 heterocycles. The molecule has 0 saturated heterocycles. The highest BCUT2D eigenvalue weighted by Crippen LogP contribution is 2.38. The Morgan fingerprint density at radius 1 is 1.25 bits per heavy atom. The van der Waals surface area contributed by atoms with E-state index < -0.39 is 0 Å². The molecular formula is C18H22N4O2. The monoisotopic (exact) mass is 326 g/mol. The van der Waals surface area contributed by atoms with E-state index in [2.05, 4.69) is 14.9 Å². The van der Waals surface area contributed by atoms with E-state index in [0.29, 0.717) is 23.7 Å². The highest BCUT2D eigenvalue weighted by molar-refractivity contribution is 5.40. The quantitative estimate of drug-likeness (QED) is 0.892. The van der Waals surface area contributed by atoms with E-state index in [-0.39, 0.29) is 12.4 Å². The van der Waals surface area contributed by atoms with Gasteiger partial charge in [0.15, 0.2) is 0 Å². The maximum absolute atomic E-state index is 10.3. The number of pyridine rings is 1. The Kier molecular flexibility index (Phi) is 3.94. The molecule has 1 aliphatic carbocycles. The number of aliphatic hydroxyl groups excluding tert-OH is 1. The van der Waals surface area contributed by atoms with Gasteiger partial charge in [-0.25, -0.2) is 9.97 Å². The minimum Gasteiger partial charge on any atom is -0.506 e. The molecule has 126 valence electrons. The summed E-state index contributed by atoms with van der Waals surface area (Å²) in [6, 6.07) is 0. The van der Waals surface area contributed by atoms with Gasteiger partial charge in [0.25, 0.3) is 0 Å². The van der Waals surface area contributed by atoms with Crippen LogP contribution < -0.4 is 0 Å². The van der Waals surface area contributed by atoms with Gasteiger partial charge in [-0.1, -0.05) is 0 Å². The second-order valence-corrected chi connectivity index (χ2v) is 6.79. The van der Waals surface area contributed by atoms with Crippen molar-refractivity contribution in [3.05, 3.63) is 46.3 Å². The highest BCUT2D eigenvalue weighted by atomic mass is 16.3. The number of aromatic hydroxyl groups is 1. The predicted molar refractivity (Wildman–Crippen MR) is 88.4 cm³/mol. The third-order valence-electron chi connectivity index (χ3n) is 4.96. The first-order chi connectivity index (χ1) is 11.7. The number of hydrogen-bond donors (Lipinski definition) is 2. The molecule has 2 aliphatic rings. The van der Waals surface area contributed by atoms with E-state index in [1.807, 2.05) is 6.20 Å². The minimum absolute atomic E-state index is 0.117. The molecule has 0 unspecified atom stereocenters. The van der Waals surface area contributed by atoms with E-state index in [1.54, 1.807) is 13.1 Å². The molecule has 2 aromatic rings. The van der Waals surface area contributed by atoms with Crippen molar-refractivity contribution < 1.29 is 10.2 Å². The smallest absolute Gasteiger partial charge is 0.141 e. The fourth-order valence-corrected chi connectivity index (χ4v) is 3.28. The molecular weight excluding hydrogens is 304 g/mol. The average Bonchev–Trinajstić information content (AvgIpc) is 3.44. The molecule has 1 fully saturated rings. The molecule has 6 heteroatoms. The molecule has 2 aromatic heterocycles. The van der Waals surface area contributed by atoms with Crippen molar-refractivity contribution in [2.75, 3.05) is 6.54 Å². The van der Waals surface area contributed by atoms with Crippen LogP contribution in [0.3, 0.4) is 0 Å². The Balaban J connectivity index is 1.54. The molecule has 0 atom stereocenters. The molecule has 0 bridgehead atoms. The van der Waals surface area contributed by atoms with Gasteiger partial charge < -0.3 is 10.2 Å². The lowest BCUT2D eigenvalue weighted by molar-refractivity contribution is 0.232. The lowest BCUT2D eigenvalue weighted by Crippen LogP contribution is -2.31. The maximum atomic E-state index is 10.3. The third kappa shape index (κ3) is 2.87. The van der Waals surface area contributed by atoms with Crippen LogP contribution in [0.25, 0.3) is 0 Å². The van der Waals surface area contributed by atoms with Gasteiger partial charge in [0.1, 0.15) is 11.6 Å². The first kappa shape index (κ1) is 15.5. The summed E-state index contributed by atoms with van der Waals surface area (Å²) in [5, 5.41) is 19.8. The molecule has 0 spiro atoms. The van der Waals surface area contributed by atoms with Gasteiger partial charge in [0, 0.05) is 66.8 Å². The summed E-state index contributed by atoms with van der Waals surface area (Å²) in [6.07, 6.45) is 6.95. The Bertz CT molecular complexity index is 774. The molecule has 0 amide bonds. The van der Waals surface area contributed by atoms with Crippen LogP contribution in [0.5, 0.6) is 5.75 Å². The van der Waals surface area contributed by atoms with E-state index in [1.165, 1.54) is 24.1 Å². The fourth-order valence-electron chi connectivity index (χ4n) is 3.28. The normalized spacial score (nSPS) is 17.8. The third-order valence-corrected chi connectivity index (χ3v) is 4.96. The van der Waals surface area contributed by atoms with Crippen LogP contribution in [0.1, 0.15) is 52.7 Å². The number of fused-ring (bicyclic) bond motifs is 1. The van der Waals surface area contributed by atoms with E-state index in [0.717, 1.165) is 30.9 Å². The summed E-state index contributed by atoms with van der Waals surface area (Å²) in [6.45, 7) is 3.91. The zero-order valence-electron chi connectivity index (χ0n) is 13.9. The SMILES string of the molecule is Cc1ncc(CO)c(CN2CCc3nc(C4CC4)ncc3C2)c1O. The van der Waals surface area contributed by atoms with Crippen molar-refractivity contribution in [1.82, 2.24) is 19.9 Å². The minimum atomic E-state index is -0.117. The summed E-state index contributed by atoms with van der Waals surface area (Å²) in [5.41, 5.74) is 4.38. The average molecular weight is 326 g/mol. The predicted octanol–water partition coefficient (Wildman–Crippen LogP) is 1.81. The molecule has 0 aromatic carbocycles. The standard InChI is InChI=1S/C18H22N4O2/c1-11-17(24)15(14(10-23)7-19-11)9-22-5-4-16-13(8-22)6-20-18(21-16)12-2-3-12/h6-7,12,23-24H,2-5,8-10H2,1H3. The van der Waals surface area contributed by atoms with Crippen molar-refractivity contribution in [3.63, 3.8) is 0 Å². The first-order valence-corrected chi connectivity index (χ1v) is 8.50. The Labute approximate surface area is 141 Å². The van der Waals surface area contributed by atoms with E-state index >= 15 is 0 Å². The molecule has 6 nitrogen and oxygen atoms in total. The summed E-state index contributed by atoms with van der Waals surface area (Å²) in [5.74, 6) is 1.78. The second-order valence-electron chi connectivity index (χ2n) is 6.79. The number of nitrogens with zero attached hydrogens (tertiary/aromatic N) is 4. The molecule has 1 saturated carbocycles. The van der Waals surface area contributed by atoms with Gasteiger partial charge in [-0.2, -0.15) is 0 Å². The van der Waals surface area contributed by atoms with Crippen molar-refractivity contribution in [3.8, 4) is 5.75 Å². The topological polar surface area (TPSA) is 82.4 Å². The zero-order chi connectivity index (χ0) is 16.7. The highest BCUT2D eigenvalue weighted by Gasteiger charge is 2.28. The maximum Gasteiger partial charge on any atom is 0.141 e. The Morgan fingerprint density at radius 3 is 2.83 bits per heavy atom. The number of aryl methyl sites for hydroxylation is 1. The zero-order valence-corrected chi connectivity index (χ0v) is 13.9. The second kappa shape index (κ2) is 6.11. The fraction of sp³-hybridized carbons (Fsp3) is 0.500. The van der Waals surface area contributed by atoms with Crippen molar-refractivity contribution >= 4 is 0 Å². The number of aliphatic hydroxyl groups is 1. The van der Waals surface area contributed by atoms with E-state index in [9.17, 15) is 10.2 Å². The lowest BCUT2D eigenvalue weighted by Gasteiger charge is -2.29. The molecule has 4 rings (SSSR count). The van der Waals surface area contributed by atoms with Crippen LogP contribution in [0, 0.1) is 6.92 Å². The lowest BCUT2D eigenvalue weighted by atomic mass is 10.0. The number of rotatable bonds is 4. The van der Waals surface area contributed by atoms with Crippen LogP contribution in [-0.2, 0) is 26.1 Å². The summed E-state index contributed by atoms with van der Waals surface area (Å²) in [4.78, 5) is 15.7. The van der Waals surface area contributed by atoms with Crippen LogP contribution >= 0.6 is 0 Å². The molecule has 24 heavy (non-hydrogen) atoms. The van der Waals surface area contributed by atoms with Gasteiger partial charge in [0.05, 0.1) is 12.3 Å². The van der Waals surface area contributed by atoms with E-state index in [4.69, 9.17) is 4.98 Å². The number of hydrogen-bond acceptors (Lipinski definition) is 6. The van der Waals surface area contributed by atoms with Crippen molar-refractivity contribution in [1.29, 1.82) is 0 Å². The summed E-state index contributed by atoms with van der Waals surface area (Å²) < 4.78 is 0. The van der Waals surface area contributed by atoms with Gasteiger partial charge in [0.2, 0.25) is 0 Å². The van der Waals surface area contributed by atoms with Crippen molar-refractivity contribution in [2.24, 2.45) is 0 Å². The van der Waals surface area contributed by atoms with Crippen molar-refractivity contribution in [2.45, 2.75) is 51.8 Å².